The molecular weight excluding hydrogens is 478 g/mol. The minimum atomic E-state index is -1.04. The van der Waals surface area contributed by atoms with Crippen LogP contribution in [-0.2, 0) is 13.0 Å². The van der Waals surface area contributed by atoms with E-state index in [1.54, 1.807) is 18.2 Å². The van der Waals surface area contributed by atoms with Gasteiger partial charge < -0.3 is 15.0 Å². The van der Waals surface area contributed by atoms with E-state index in [1.807, 2.05) is 24.5 Å². The Bertz CT molecular complexity index is 1390. The van der Waals surface area contributed by atoms with Gasteiger partial charge in [-0.15, -0.1) is 0 Å². The number of carboxylic acids is 1. The minimum Gasteiger partial charge on any atom is -0.478 e. The van der Waals surface area contributed by atoms with Gasteiger partial charge in [0.25, 0.3) is 0 Å². The standard InChI is InChI=1S/C25H23Cl2FN4O2/c1-3-4-15-9-16(10-19(26)23(15)25(33)34)20-12-22(31-13-30-20)29-7-8-32-14(2)24(27)18-11-17(28)5-6-21(18)32/h5-6,9-13H,3-4,7-8H2,1-2H3,(H,33,34)(H,29,30,31). The molecule has 6 nitrogen and oxygen atoms in total. The summed E-state index contributed by atoms with van der Waals surface area (Å²) in [7, 11) is 0. The summed E-state index contributed by atoms with van der Waals surface area (Å²) in [6.07, 6.45) is 2.84. The summed E-state index contributed by atoms with van der Waals surface area (Å²) in [6, 6.07) is 9.83. The highest BCUT2D eigenvalue weighted by molar-refractivity contribution is 6.36. The van der Waals surface area contributed by atoms with Crippen LogP contribution in [0.3, 0.4) is 0 Å². The van der Waals surface area contributed by atoms with Gasteiger partial charge in [-0.3, -0.25) is 0 Å². The number of aromatic nitrogens is 3. The number of benzene rings is 2. The number of halogens is 3. The molecule has 0 amide bonds. The van der Waals surface area contributed by atoms with Crippen molar-refractivity contribution < 1.29 is 14.3 Å². The molecule has 0 aliphatic heterocycles. The normalized spacial score (nSPS) is 11.2. The number of aromatic carboxylic acids is 1. The first kappa shape index (κ1) is 24.0. The van der Waals surface area contributed by atoms with Crippen molar-refractivity contribution in [1.82, 2.24) is 14.5 Å². The molecule has 2 N–H and O–H groups in total. The number of nitrogens with one attached hydrogen (secondary N) is 1. The van der Waals surface area contributed by atoms with Crippen molar-refractivity contribution in [2.45, 2.75) is 33.2 Å². The smallest absolute Gasteiger partial charge is 0.337 e. The predicted octanol–water partition coefficient (Wildman–Crippen LogP) is 6.62. The lowest BCUT2D eigenvalue weighted by Crippen LogP contribution is -2.12. The summed E-state index contributed by atoms with van der Waals surface area (Å²) < 4.78 is 15.7. The molecule has 9 heteroatoms. The molecular formula is C25H23Cl2FN4O2. The molecule has 0 fully saturated rings. The third-order valence-electron chi connectivity index (χ3n) is 5.72. The van der Waals surface area contributed by atoms with E-state index in [-0.39, 0.29) is 16.4 Å². The van der Waals surface area contributed by atoms with Gasteiger partial charge in [-0.1, -0.05) is 36.5 Å². The molecule has 0 aliphatic carbocycles. The van der Waals surface area contributed by atoms with Gasteiger partial charge in [0.15, 0.2) is 0 Å². The summed E-state index contributed by atoms with van der Waals surface area (Å²) in [6.45, 7) is 5.04. The summed E-state index contributed by atoms with van der Waals surface area (Å²) in [4.78, 5) is 20.3. The average molecular weight is 501 g/mol. The summed E-state index contributed by atoms with van der Waals surface area (Å²) in [5.74, 6) is -0.746. The van der Waals surface area contributed by atoms with E-state index < -0.39 is 5.97 Å². The Kier molecular flexibility index (Phi) is 7.05. The zero-order valence-electron chi connectivity index (χ0n) is 18.7. The van der Waals surface area contributed by atoms with Crippen molar-refractivity contribution in [1.29, 1.82) is 0 Å². The quantitative estimate of drug-likeness (QED) is 0.284. The van der Waals surface area contributed by atoms with E-state index in [2.05, 4.69) is 15.3 Å². The lowest BCUT2D eigenvalue weighted by Gasteiger charge is -2.12. The minimum absolute atomic E-state index is 0.132. The SMILES string of the molecule is CCCc1cc(-c2cc(NCCn3c(C)c(Cl)c4cc(F)ccc43)ncn2)cc(Cl)c1C(=O)O. The lowest BCUT2D eigenvalue weighted by atomic mass is 9.98. The van der Waals surface area contributed by atoms with Crippen LogP contribution in [0.5, 0.6) is 0 Å². The Balaban J connectivity index is 1.55. The average Bonchev–Trinajstić information content (AvgIpc) is 3.03. The maximum absolute atomic E-state index is 13.6. The summed E-state index contributed by atoms with van der Waals surface area (Å²) in [5, 5.41) is 14.2. The third-order valence-corrected chi connectivity index (χ3v) is 6.49. The fourth-order valence-electron chi connectivity index (χ4n) is 4.13. The van der Waals surface area contributed by atoms with Gasteiger partial charge >= 0.3 is 5.97 Å². The zero-order valence-corrected chi connectivity index (χ0v) is 20.2. The van der Waals surface area contributed by atoms with Crippen LogP contribution < -0.4 is 5.32 Å². The Labute approximate surface area is 206 Å². The van der Waals surface area contributed by atoms with Gasteiger partial charge in [0.05, 0.1) is 26.8 Å². The van der Waals surface area contributed by atoms with Crippen LogP contribution in [0.1, 0.15) is 35.0 Å². The predicted molar refractivity (Wildman–Crippen MR) is 134 cm³/mol. The Morgan fingerprint density at radius 1 is 1.18 bits per heavy atom. The Morgan fingerprint density at radius 2 is 1.97 bits per heavy atom. The molecule has 0 saturated carbocycles. The highest BCUT2D eigenvalue weighted by Crippen LogP contribution is 2.31. The van der Waals surface area contributed by atoms with Crippen LogP contribution in [0.2, 0.25) is 10.0 Å². The van der Waals surface area contributed by atoms with Gasteiger partial charge in [0.2, 0.25) is 0 Å². The zero-order chi connectivity index (χ0) is 24.4. The second-order valence-electron chi connectivity index (χ2n) is 7.98. The number of fused-ring (bicyclic) bond motifs is 1. The van der Waals surface area contributed by atoms with Gasteiger partial charge in [-0.05, 0) is 49.2 Å². The van der Waals surface area contributed by atoms with Crippen molar-refractivity contribution in [3.05, 3.63) is 75.4 Å². The second kappa shape index (κ2) is 9.99. The van der Waals surface area contributed by atoms with Gasteiger partial charge in [0, 0.05) is 35.8 Å². The second-order valence-corrected chi connectivity index (χ2v) is 8.76. The van der Waals surface area contributed by atoms with Crippen molar-refractivity contribution in [2.75, 3.05) is 11.9 Å². The molecule has 34 heavy (non-hydrogen) atoms. The number of nitrogens with zero attached hydrogens (tertiary/aromatic N) is 3. The number of hydrogen-bond donors (Lipinski definition) is 2. The first-order chi connectivity index (χ1) is 16.3. The maximum Gasteiger partial charge on any atom is 0.337 e. The molecule has 0 unspecified atom stereocenters. The van der Waals surface area contributed by atoms with Gasteiger partial charge in [-0.25, -0.2) is 19.2 Å². The third kappa shape index (κ3) is 4.72. The van der Waals surface area contributed by atoms with Crippen LogP contribution in [-0.4, -0.2) is 32.2 Å². The van der Waals surface area contributed by atoms with Crippen LogP contribution in [0.15, 0.2) is 42.7 Å². The highest BCUT2D eigenvalue weighted by atomic mass is 35.5. The number of rotatable bonds is 8. The first-order valence-corrected chi connectivity index (χ1v) is 11.6. The first-order valence-electron chi connectivity index (χ1n) is 10.9. The number of carbonyl (C=O) groups is 1. The molecule has 4 aromatic rings. The van der Waals surface area contributed by atoms with Gasteiger partial charge in [0.1, 0.15) is 18.0 Å². The van der Waals surface area contributed by atoms with Crippen LogP contribution in [0, 0.1) is 12.7 Å². The van der Waals surface area contributed by atoms with E-state index in [1.165, 1.54) is 18.5 Å². The molecule has 4 rings (SSSR count). The Hall–Kier alpha value is -3.16. The molecule has 2 aromatic heterocycles. The number of anilines is 1. The molecule has 0 bridgehead atoms. The van der Waals surface area contributed by atoms with Crippen LogP contribution in [0.4, 0.5) is 10.2 Å². The van der Waals surface area contributed by atoms with E-state index in [4.69, 9.17) is 23.2 Å². The molecule has 0 atom stereocenters. The van der Waals surface area contributed by atoms with Crippen molar-refractivity contribution in [3.8, 4) is 11.3 Å². The summed E-state index contributed by atoms with van der Waals surface area (Å²) >= 11 is 12.7. The van der Waals surface area contributed by atoms with E-state index in [0.29, 0.717) is 47.0 Å². The molecule has 0 radical (unpaired) electrons. The maximum atomic E-state index is 13.6. The molecule has 0 saturated heterocycles. The molecule has 2 heterocycles. The number of carboxylic acid groups (broad SMARTS) is 1. The van der Waals surface area contributed by atoms with Crippen LogP contribution in [0.25, 0.3) is 22.2 Å². The summed E-state index contributed by atoms with van der Waals surface area (Å²) in [5.41, 5.74) is 3.90. The van der Waals surface area contributed by atoms with E-state index in [9.17, 15) is 14.3 Å². The van der Waals surface area contributed by atoms with E-state index >= 15 is 0 Å². The molecule has 0 spiro atoms. The Morgan fingerprint density at radius 3 is 2.71 bits per heavy atom. The molecule has 2 aromatic carbocycles. The van der Waals surface area contributed by atoms with Crippen molar-refractivity contribution in [2.24, 2.45) is 0 Å². The molecule has 0 aliphatic rings. The largest absolute Gasteiger partial charge is 0.478 e. The molecule has 176 valence electrons. The fourth-order valence-corrected chi connectivity index (χ4v) is 4.70. The fraction of sp³-hybridized carbons (Fsp3) is 0.240. The van der Waals surface area contributed by atoms with Crippen LogP contribution >= 0.6 is 23.2 Å². The van der Waals surface area contributed by atoms with Crippen molar-refractivity contribution >= 4 is 45.9 Å². The number of aryl methyl sites for hydroxylation is 1. The lowest BCUT2D eigenvalue weighted by molar-refractivity contribution is 0.0696. The van der Waals surface area contributed by atoms with Crippen molar-refractivity contribution in [3.63, 3.8) is 0 Å². The highest BCUT2D eigenvalue weighted by Gasteiger charge is 2.17. The topological polar surface area (TPSA) is 80.0 Å². The van der Waals surface area contributed by atoms with E-state index in [0.717, 1.165) is 23.2 Å². The van der Waals surface area contributed by atoms with Gasteiger partial charge in [-0.2, -0.15) is 0 Å². The monoisotopic (exact) mass is 500 g/mol. The number of hydrogen-bond acceptors (Lipinski definition) is 4.